The average Bonchev–Trinajstić information content (AvgIpc) is 3.72. The van der Waals surface area contributed by atoms with Gasteiger partial charge in [-0.05, 0) is 53.6 Å². The Labute approximate surface area is 241 Å². The molecular formula is C31H32FN7O3. The average molecular weight is 570 g/mol. The van der Waals surface area contributed by atoms with Gasteiger partial charge in [0.15, 0.2) is 11.6 Å². The molecule has 0 unspecified atom stereocenters. The third kappa shape index (κ3) is 4.79. The summed E-state index contributed by atoms with van der Waals surface area (Å²) in [4.78, 5) is 30.9. The van der Waals surface area contributed by atoms with Crippen molar-refractivity contribution in [1.82, 2.24) is 29.1 Å². The maximum Gasteiger partial charge on any atom is 0.283 e. The highest BCUT2D eigenvalue weighted by molar-refractivity contribution is 5.83. The Hall–Kier alpha value is -4.64. The van der Waals surface area contributed by atoms with Crippen molar-refractivity contribution in [2.24, 2.45) is 14.1 Å². The van der Waals surface area contributed by atoms with Crippen LogP contribution in [0.25, 0.3) is 27.7 Å². The Morgan fingerprint density at radius 1 is 1.10 bits per heavy atom. The topological polar surface area (TPSA) is 120 Å². The van der Waals surface area contributed by atoms with E-state index in [1.165, 1.54) is 23.0 Å². The second kappa shape index (κ2) is 10.0. The van der Waals surface area contributed by atoms with E-state index in [0.29, 0.717) is 39.5 Å². The fraction of sp³-hybridized carbons (Fsp3) is 0.323. The minimum Gasteiger partial charge on any atom is -0.392 e. The Kier molecular flexibility index (Phi) is 6.57. The number of aliphatic hydroxyl groups is 1. The highest BCUT2D eigenvalue weighted by Crippen LogP contribution is 2.40. The van der Waals surface area contributed by atoms with E-state index in [1.807, 2.05) is 38.6 Å². The molecule has 0 amide bonds. The lowest BCUT2D eigenvalue weighted by atomic mass is 9.86. The van der Waals surface area contributed by atoms with E-state index < -0.39 is 18.0 Å². The van der Waals surface area contributed by atoms with E-state index in [2.05, 4.69) is 20.5 Å². The van der Waals surface area contributed by atoms with Crippen LogP contribution in [0.5, 0.6) is 0 Å². The maximum atomic E-state index is 15.3. The first-order valence-corrected chi connectivity index (χ1v) is 13.8. The van der Waals surface area contributed by atoms with Gasteiger partial charge >= 0.3 is 0 Å². The lowest BCUT2D eigenvalue weighted by Crippen LogP contribution is -2.25. The molecule has 2 N–H and O–H groups in total. The van der Waals surface area contributed by atoms with Gasteiger partial charge in [0.1, 0.15) is 11.5 Å². The van der Waals surface area contributed by atoms with Crippen LogP contribution in [0.4, 0.5) is 15.9 Å². The molecule has 4 heterocycles. The molecule has 11 heteroatoms. The molecule has 4 aromatic heterocycles. The van der Waals surface area contributed by atoms with Crippen LogP contribution in [0.2, 0.25) is 0 Å². The van der Waals surface area contributed by atoms with E-state index in [1.54, 1.807) is 31.4 Å². The number of nitrogens with zero attached hydrogens (tertiary/aromatic N) is 6. The van der Waals surface area contributed by atoms with Crippen molar-refractivity contribution < 1.29 is 9.50 Å². The van der Waals surface area contributed by atoms with E-state index in [0.717, 1.165) is 28.8 Å². The molecule has 5 aromatic rings. The summed E-state index contributed by atoms with van der Waals surface area (Å²) < 4.78 is 19.6. The van der Waals surface area contributed by atoms with Crippen molar-refractivity contribution in [3.63, 3.8) is 0 Å². The molecular weight excluding hydrogens is 537 g/mol. The minimum atomic E-state index is -0.686. The highest BCUT2D eigenvalue weighted by Gasteiger charge is 2.27. The standard InChI is InChI=1S/C31H32FN7O3/c1-31(2,3)20-10-18-14-34-39(30(42)27(18)23(32)12-20)28-22(16-40)21(8-9-33-28)19-11-24(29(41)37(4)15-19)35-26-13-25(17-6-7-17)38(5)36-26/h8-15,17,40H,6-7,16H2,1-5H3,(H,35,36). The molecule has 1 saturated carbocycles. The smallest absolute Gasteiger partial charge is 0.283 e. The van der Waals surface area contributed by atoms with Crippen LogP contribution in [0.15, 0.2) is 58.5 Å². The van der Waals surface area contributed by atoms with Crippen molar-refractivity contribution in [2.75, 3.05) is 5.32 Å². The van der Waals surface area contributed by atoms with E-state index >= 15 is 4.39 Å². The molecule has 1 aromatic carbocycles. The third-order valence-electron chi connectivity index (χ3n) is 7.77. The molecule has 10 nitrogen and oxygen atoms in total. The number of rotatable bonds is 6. The first kappa shape index (κ1) is 27.5. The molecule has 1 aliphatic carbocycles. The fourth-order valence-corrected chi connectivity index (χ4v) is 5.30. The van der Waals surface area contributed by atoms with E-state index in [4.69, 9.17) is 0 Å². The van der Waals surface area contributed by atoms with Gasteiger partial charge in [-0.25, -0.2) is 9.37 Å². The van der Waals surface area contributed by atoms with E-state index in [9.17, 15) is 14.7 Å². The van der Waals surface area contributed by atoms with Gasteiger partial charge in [-0.15, -0.1) is 0 Å². The Balaban J connectivity index is 1.45. The predicted molar refractivity (Wildman–Crippen MR) is 159 cm³/mol. The molecule has 42 heavy (non-hydrogen) atoms. The highest BCUT2D eigenvalue weighted by atomic mass is 19.1. The SMILES string of the molecule is Cn1nc(Nc2cc(-c3ccnc(-n4ncc5cc(C(C)(C)C)cc(F)c5c4=O)c3CO)cn(C)c2=O)cc1C1CC1. The Bertz CT molecular complexity index is 1980. The van der Waals surface area contributed by atoms with Gasteiger partial charge in [0, 0.05) is 60.7 Å². The van der Waals surface area contributed by atoms with Crippen molar-refractivity contribution in [1.29, 1.82) is 0 Å². The van der Waals surface area contributed by atoms with Gasteiger partial charge in [0.05, 0.1) is 18.2 Å². The van der Waals surface area contributed by atoms with Crippen LogP contribution in [0, 0.1) is 5.82 Å². The normalized spacial score (nSPS) is 13.6. The molecule has 216 valence electrons. The minimum absolute atomic E-state index is 0.0726. The van der Waals surface area contributed by atoms with Gasteiger partial charge in [0.25, 0.3) is 11.1 Å². The van der Waals surface area contributed by atoms with E-state index in [-0.39, 0.29) is 22.2 Å². The molecule has 1 aliphatic rings. The first-order chi connectivity index (χ1) is 20.0. The molecule has 0 spiro atoms. The third-order valence-corrected chi connectivity index (χ3v) is 7.77. The summed E-state index contributed by atoms with van der Waals surface area (Å²) in [6.07, 6.45) is 6.82. The van der Waals surface area contributed by atoms with Gasteiger partial charge < -0.3 is 15.0 Å². The van der Waals surface area contributed by atoms with Crippen LogP contribution >= 0.6 is 0 Å². The van der Waals surface area contributed by atoms with Crippen molar-refractivity contribution >= 4 is 22.3 Å². The zero-order valence-corrected chi connectivity index (χ0v) is 24.1. The van der Waals surface area contributed by atoms with Crippen LogP contribution in [-0.4, -0.2) is 34.2 Å². The molecule has 0 bridgehead atoms. The number of aryl methyl sites for hydroxylation is 2. The van der Waals surface area contributed by atoms with Gasteiger partial charge in [0.2, 0.25) is 0 Å². The monoisotopic (exact) mass is 569 g/mol. The van der Waals surface area contributed by atoms with Gasteiger partial charge in [-0.3, -0.25) is 14.3 Å². The van der Waals surface area contributed by atoms with Crippen molar-refractivity contribution in [3.05, 3.63) is 92.3 Å². The molecule has 0 atom stereocenters. The largest absolute Gasteiger partial charge is 0.392 e. The summed E-state index contributed by atoms with van der Waals surface area (Å²) in [5, 5.41) is 22.7. The number of aromatic nitrogens is 6. The van der Waals surface area contributed by atoms with Crippen molar-refractivity contribution in [2.45, 2.75) is 51.6 Å². The van der Waals surface area contributed by atoms with Crippen LogP contribution < -0.4 is 16.4 Å². The molecule has 0 saturated heterocycles. The number of fused-ring (bicyclic) bond motifs is 1. The van der Waals surface area contributed by atoms with Crippen molar-refractivity contribution in [3.8, 4) is 16.9 Å². The number of halogens is 1. The lowest BCUT2D eigenvalue weighted by molar-refractivity contribution is 0.281. The second-order valence-corrected chi connectivity index (χ2v) is 11.9. The number of pyridine rings is 2. The predicted octanol–water partition coefficient (Wildman–Crippen LogP) is 4.43. The number of anilines is 2. The lowest BCUT2D eigenvalue weighted by Gasteiger charge is -2.20. The van der Waals surface area contributed by atoms with Crippen LogP contribution in [0.3, 0.4) is 0 Å². The zero-order valence-electron chi connectivity index (χ0n) is 24.1. The van der Waals surface area contributed by atoms with Gasteiger partial charge in [-0.2, -0.15) is 14.9 Å². The first-order valence-electron chi connectivity index (χ1n) is 13.8. The molecule has 0 aliphatic heterocycles. The number of benzene rings is 1. The van der Waals surface area contributed by atoms with Crippen LogP contribution in [-0.2, 0) is 26.1 Å². The summed E-state index contributed by atoms with van der Waals surface area (Å²) in [6.45, 7) is 5.42. The maximum absolute atomic E-state index is 15.3. The quantitative estimate of drug-likeness (QED) is 0.310. The zero-order chi connectivity index (χ0) is 29.9. The summed E-state index contributed by atoms with van der Waals surface area (Å²) in [6, 6.07) is 8.46. The number of hydrogen-bond donors (Lipinski definition) is 2. The number of aliphatic hydroxyl groups excluding tert-OH is 1. The summed E-state index contributed by atoms with van der Waals surface area (Å²) in [5.41, 5.74) is 2.35. The number of nitrogens with one attached hydrogen (secondary N) is 1. The second-order valence-electron chi connectivity index (χ2n) is 11.9. The Morgan fingerprint density at radius 2 is 1.86 bits per heavy atom. The summed E-state index contributed by atoms with van der Waals surface area (Å²) in [7, 11) is 3.52. The summed E-state index contributed by atoms with van der Waals surface area (Å²) in [5.74, 6) is 0.488. The van der Waals surface area contributed by atoms with Crippen LogP contribution in [0.1, 0.15) is 56.4 Å². The molecule has 0 radical (unpaired) electrons. The van der Waals surface area contributed by atoms with Gasteiger partial charge in [-0.1, -0.05) is 20.8 Å². The molecule has 6 rings (SSSR count). The molecule has 1 fully saturated rings. The Morgan fingerprint density at radius 3 is 2.55 bits per heavy atom. The fourth-order valence-electron chi connectivity index (χ4n) is 5.30. The summed E-state index contributed by atoms with van der Waals surface area (Å²) >= 11 is 0. The number of hydrogen-bond acceptors (Lipinski definition) is 7.